The molecule has 0 bridgehead atoms. The van der Waals surface area contributed by atoms with Crippen LogP contribution in [0.25, 0.3) is 0 Å². The number of hydrogen-bond donors (Lipinski definition) is 3. The van der Waals surface area contributed by atoms with Crippen molar-refractivity contribution in [2.75, 3.05) is 13.1 Å². The molecule has 136 valence electrons. The van der Waals surface area contributed by atoms with Crippen LogP contribution in [0.4, 0.5) is 0 Å². The number of hydrogen-bond acceptors (Lipinski definition) is 5. The molecule has 6 nitrogen and oxygen atoms in total. The normalized spacial score (nSPS) is 16.1. The van der Waals surface area contributed by atoms with E-state index < -0.39 is 0 Å². The Morgan fingerprint density at radius 2 is 2.08 bits per heavy atom. The molecule has 0 saturated carbocycles. The highest BCUT2D eigenvalue weighted by Gasteiger charge is 2.23. The molecule has 1 aromatic carbocycles. The van der Waals surface area contributed by atoms with Gasteiger partial charge in [-0.2, -0.15) is 0 Å². The van der Waals surface area contributed by atoms with Crippen molar-refractivity contribution >= 4 is 11.7 Å². The topological polar surface area (TPSA) is 79.5 Å². The second-order valence-corrected chi connectivity index (χ2v) is 6.29. The van der Waals surface area contributed by atoms with Crippen LogP contribution in [0.1, 0.15) is 25.3 Å². The van der Waals surface area contributed by atoms with Gasteiger partial charge in [0.05, 0.1) is 12.2 Å². The fourth-order valence-electron chi connectivity index (χ4n) is 2.88. The van der Waals surface area contributed by atoms with Gasteiger partial charge in [-0.15, -0.1) is 0 Å². The number of carbonyl (C=O) groups is 2. The van der Waals surface area contributed by atoms with E-state index in [9.17, 15) is 9.59 Å². The summed E-state index contributed by atoms with van der Waals surface area (Å²) in [5.41, 5.74) is 6.74. The van der Waals surface area contributed by atoms with Crippen LogP contribution >= 0.6 is 0 Å². The summed E-state index contributed by atoms with van der Waals surface area (Å²) < 4.78 is 0. The molecule has 0 atom stereocenters. The Bertz CT molecular complexity index is 779. The van der Waals surface area contributed by atoms with Crippen LogP contribution in [0.5, 0.6) is 0 Å². The van der Waals surface area contributed by atoms with Gasteiger partial charge in [-0.05, 0) is 30.2 Å². The van der Waals surface area contributed by atoms with E-state index in [1.54, 1.807) is 12.2 Å². The van der Waals surface area contributed by atoms with Gasteiger partial charge in [0.15, 0.2) is 11.5 Å². The Kier molecular flexibility index (Phi) is 5.86. The highest BCUT2D eigenvalue weighted by Crippen LogP contribution is 2.30. The second kappa shape index (κ2) is 8.49. The maximum atomic E-state index is 11.9. The number of nitrogens with one attached hydrogen (secondary N) is 3. The number of allylic oxidation sites excluding steroid dienone is 3. The van der Waals surface area contributed by atoms with Crippen molar-refractivity contribution in [1.82, 2.24) is 16.1 Å². The minimum Gasteiger partial charge on any atom is -0.382 e. The molecule has 1 heterocycles. The summed E-state index contributed by atoms with van der Waals surface area (Å²) in [4.78, 5) is 29.0. The zero-order valence-corrected chi connectivity index (χ0v) is 14.8. The van der Waals surface area contributed by atoms with E-state index in [4.69, 9.17) is 4.84 Å². The quantitative estimate of drug-likeness (QED) is 0.697. The first-order valence-corrected chi connectivity index (χ1v) is 8.73. The van der Waals surface area contributed by atoms with E-state index in [0.717, 1.165) is 22.4 Å². The lowest BCUT2D eigenvalue weighted by atomic mass is 9.95. The van der Waals surface area contributed by atoms with Crippen molar-refractivity contribution in [2.24, 2.45) is 0 Å². The highest BCUT2D eigenvalue weighted by molar-refractivity contribution is 5.94. The number of fused-ring (bicyclic) bond motifs is 1. The number of amides is 1. The van der Waals surface area contributed by atoms with Gasteiger partial charge in [-0.3, -0.25) is 9.59 Å². The molecule has 1 aliphatic carbocycles. The van der Waals surface area contributed by atoms with E-state index in [1.165, 1.54) is 0 Å². The smallest absolute Gasteiger partial charge is 0.233 e. The molecular formula is C20H23N3O3. The summed E-state index contributed by atoms with van der Waals surface area (Å²) in [7, 11) is 0. The predicted octanol–water partition coefficient (Wildman–Crippen LogP) is 1.87. The summed E-state index contributed by atoms with van der Waals surface area (Å²) in [5, 5.41) is 6.01. The maximum Gasteiger partial charge on any atom is 0.233 e. The van der Waals surface area contributed by atoms with Gasteiger partial charge < -0.3 is 15.5 Å². The largest absolute Gasteiger partial charge is 0.382 e. The molecule has 0 spiro atoms. The Balaban J connectivity index is 1.43. The second-order valence-electron chi connectivity index (χ2n) is 6.29. The van der Waals surface area contributed by atoms with Gasteiger partial charge in [0.1, 0.15) is 0 Å². The van der Waals surface area contributed by atoms with Gasteiger partial charge in [0.2, 0.25) is 5.91 Å². The fourth-order valence-corrected chi connectivity index (χ4v) is 2.88. The monoisotopic (exact) mass is 353 g/mol. The summed E-state index contributed by atoms with van der Waals surface area (Å²) in [5.74, 6) is 0.717. The van der Waals surface area contributed by atoms with Gasteiger partial charge in [-0.1, -0.05) is 30.3 Å². The number of hydroxylamine groups is 1. The third kappa shape index (κ3) is 4.61. The van der Waals surface area contributed by atoms with Crippen LogP contribution in [0.2, 0.25) is 0 Å². The number of benzene rings is 1. The van der Waals surface area contributed by atoms with Crippen LogP contribution in [-0.4, -0.2) is 24.8 Å². The number of carbonyl (C=O) groups excluding carboxylic acids is 2. The lowest BCUT2D eigenvalue weighted by molar-refractivity contribution is -0.120. The number of rotatable bonds is 7. The zero-order valence-electron chi connectivity index (χ0n) is 14.8. The minimum atomic E-state index is -0.0523. The molecule has 0 aromatic heterocycles. The molecule has 1 amide bonds. The maximum absolute atomic E-state index is 11.9. The van der Waals surface area contributed by atoms with Crippen molar-refractivity contribution in [1.29, 1.82) is 0 Å². The van der Waals surface area contributed by atoms with Crippen molar-refractivity contribution in [3.8, 4) is 0 Å². The van der Waals surface area contributed by atoms with Gasteiger partial charge in [0, 0.05) is 31.5 Å². The predicted molar refractivity (Wildman–Crippen MR) is 98.5 cm³/mol. The van der Waals surface area contributed by atoms with Crippen LogP contribution < -0.4 is 16.1 Å². The Morgan fingerprint density at radius 3 is 2.88 bits per heavy atom. The minimum absolute atomic E-state index is 0.0523. The Morgan fingerprint density at radius 1 is 1.27 bits per heavy atom. The molecule has 1 aromatic rings. The molecule has 2 aliphatic rings. The van der Waals surface area contributed by atoms with E-state index in [2.05, 4.69) is 16.1 Å². The summed E-state index contributed by atoms with van der Waals surface area (Å²) in [6, 6.07) is 9.95. The first-order chi connectivity index (χ1) is 12.6. The summed E-state index contributed by atoms with van der Waals surface area (Å²) >= 11 is 0. The molecule has 0 fully saturated rings. The zero-order chi connectivity index (χ0) is 18.4. The Hall–Kier alpha value is -2.86. The van der Waals surface area contributed by atoms with E-state index in [1.807, 2.05) is 37.3 Å². The molecule has 0 radical (unpaired) electrons. The van der Waals surface area contributed by atoms with E-state index in [0.29, 0.717) is 31.7 Å². The average Bonchev–Trinajstić information content (AvgIpc) is 2.65. The lowest BCUT2D eigenvalue weighted by Gasteiger charge is -2.26. The van der Waals surface area contributed by atoms with Crippen LogP contribution in [-0.2, 0) is 21.0 Å². The molecule has 0 unspecified atom stereocenters. The molecule has 3 rings (SSSR count). The van der Waals surface area contributed by atoms with Gasteiger partial charge >= 0.3 is 0 Å². The third-order valence-electron chi connectivity index (χ3n) is 4.35. The highest BCUT2D eigenvalue weighted by atomic mass is 16.6. The fraction of sp³-hybridized carbons (Fsp3) is 0.300. The molecule has 0 saturated heterocycles. The van der Waals surface area contributed by atoms with Crippen LogP contribution in [0.15, 0.2) is 65.1 Å². The lowest BCUT2D eigenvalue weighted by Crippen LogP contribution is -2.35. The molecule has 3 N–H and O–H groups in total. The summed E-state index contributed by atoms with van der Waals surface area (Å²) in [6.07, 6.45) is 4.38. The van der Waals surface area contributed by atoms with Crippen molar-refractivity contribution in [3.63, 3.8) is 0 Å². The van der Waals surface area contributed by atoms with Crippen molar-refractivity contribution < 1.29 is 14.4 Å². The van der Waals surface area contributed by atoms with Crippen molar-refractivity contribution in [3.05, 3.63) is 70.6 Å². The molecule has 6 heteroatoms. The molecular weight excluding hydrogens is 330 g/mol. The Labute approximate surface area is 153 Å². The van der Waals surface area contributed by atoms with Gasteiger partial charge in [0.25, 0.3) is 0 Å². The van der Waals surface area contributed by atoms with E-state index in [-0.39, 0.29) is 18.2 Å². The first-order valence-electron chi connectivity index (χ1n) is 8.73. The molecule has 26 heavy (non-hydrogen) atoms. The average molecular weight is 353 g/mol. The van der Waals surface area contributed by atoms with Gasteiger partial charge in [-0.25, -0.2) is 5.48 Å². The first kappa shape index (κ1) is 17.9. The van der Waals surface area contributed by atoms with Crippen LogP contribution in [0.3, 0.4) is 0 Å². The van der Waals surface area contributed by atoms with E-state index >= 15 is 0 Å². The summed E-state index contributed by atoms with van der Waals surface area (Å²) in [6.45, 7) is 3.37. The SMILES string of the molecule is CC1=C(CCNC(=O)CNCc2ccccc2)NOC2=CCC(=O)C=C21. The number of ketones is 1. The standard InChI is InChI=1S/C20H23N3O3/c1-14-17-11-16(24)7-8-19(17)26-23-18(14)9-10-22-20(25)13-21-12-15-5-3-2-4-6-15/h2-6,8,11,21,23H,7,9-10,12-13H2,1H3,(H,22,25). The van der Waals surface area contributed by atoms with Crippen LogP contribution in [0, 0.1) is 0 Å². The van der Waals surface area contributed by atoms with Crippen molar-refractivity contribution in [2.45, 2.75) is 26.3 Å². The molecule has 1 aliphatic heterocycles. The third-order valence-corrected chi connectivity index (χ3v) is 4.35.